The van der Waals surface area contributed by atoms with Crippen LogP contribution in [0.4, 0.5) is 4.39 Å². The fourth-order valence-electron chi connectivity index (χ4n) is 3.24. The predicted octanol–water partition coefficient (Wildman–Crippen LogP) is 4.18. The maximum atomic E-state index is 13.4. The van der Waals surface area contributed by atoms with Gasteiger partial charge in [0.15, 0.2) is 28.5 Å². The Hall–Kier alpha value is -2.17. The second-order valence-electron chi connectivity index (χ2n) is 6.24. The van der Waals surface area contributed by atoms with Crippen LogP contribution >= 0.6 is 0 Å². The maximum absolute atomic E-state index is 13.4. The van der Waals surface area contributed by atoms with Gasteiger partial charge in [0.1, 0.15) is 5.58 Å². The molecule has 1 aliphatic rings. The van der Waals surface area contributed by atoms with Gasteiger partial charge in [-0.15, -0.1) is 0 Å². The van der Waals surface area contributed by atoms with E-state index in [1.165, 1.54) is 19.3 Å². The van der Waals surface area contributed by atoms with Crippen molar-refractivity contribution in [3.63, 3.8) is 0 Å². The van der Waals surface area contributed by atoms with Crippen LogP contribution in [0.1, 0.15) is 55.5 Å². The van der Waals surface area contributed by atoms with Crippen LogP contribution in [0.5, 0.6) is 5.75 Å². The van der Waals surface area contributed by atoms with Crippen molar-refractivity contribution in [1.82, 2.24) is 0 Å². The molecule has 0 bridgehead atoms. The van der Waals surface area contributed by atoms with E-state index in [0.717, 1.165) is 37.5 Å². The lowest BCUT2D eigenvalue weighted by molar-refractivity contribution is 0.0943. The molecule has 1 fully saturated rings. The number of Topliss-reactive ketones (excluding diaryl/α,β-unsaturated/α-hetero) is 1. The standard InChI is InChI=1S/C18H19FO4/c19-13-9-17-12(8-16(13)22)15(21)10-18(23-17)14(20)7-6-11-4-2-1-3-5-11/h8-11,22H,1-7H2. The average molecular weight is 318 g/mol. The minimum Gasteiger partial charge on any atom is -0.505 e. The van der Waals surface area contributed by atoms with Crippen molar-refractivity contribution in [2.45, 2.75) is 44.9 Å². The minimum absolute atomic E-state index is 0.0196. The lowest BCUT2D eigenvalue weighted by atomic mass is 9.85. The molecule has 5 heteroatoms. The van der Waals surface area contributed by atoms with Crippen molar-refractivity contribution in [2.75, 3.05) is 0 Å². The van der Waals surface area contributed by atoms with E-state index in [4.69, 9.17) is 4.42 Å². The average Bonchev–Trinajstić information content (AvgIpc) is 2.55. The van der Waals surface area contributed by atoms with Crippen LogP contribution in [0.25, 0.3) is 11.0 Å². The van der Waals surface area contributed by atoms with E-state index < -0.39 is 17.0 Å². The van der Waals surface area contributed by atoms with E-state index in [2.05, 4.69) is 0 Å². The summed E-state index contributed by atoms with van der Waals surface area (Å²) in [6, 6.07) is 3.08. The SMILES string of the molecule is O=C(CCC1CCCCC1)c1cc(=O)c2cc(O)c(F)cc2o1. The summed E-state index contributed by atoms with van der Waals surface area (Å²) < 4.78 is 18.8. The Balaban J connectivity index is 1.80. The van der Waals surface area contributed by atoms with Crippen LogP contribution in [0.15, 0.2) is 27.4 Å². The third-order valence-electron chi connectivity index (χ3n) is 4.58. The Labute approximate surface area is 132 Å². The van der Waals surface area contributed by atoms with Gasteiger partial charge >= 0.3 is 0 Å². The zero-order valence-electron chi connectivity index (χ0n) is 12.8. The highest BCUT2D eigenvalue weighted by Gasteiger charge is 2.18. The molecule has 2 aromatic rings. The molecule has 0 amide bonds. The number of hydrogen-bond donors (Lipinski definition) is 1. The summed E-state index contributed by atoms with van der Waals surface area (Å²) in [4.78, 5) is 24.3. The molecule has 23 heavy (non-hydrogen) atoms. The number of fused-ring (bicyclic) bond motifs is 1. The van der Waals surface area contributed by atoms with E-state index >= 15 is 0 Å². The van der Waals surface area contributed by atoms with Gasteiger partial charge in [0.2, 0.25) is 0 Å². The number of halogens is 1. The lowest BCUT2D eigenvalue weighted by Crippen LogP contribution is -2.11. The van der Waals surface area contributed by atoms with Gasteiger partial charge in [0, 0.05) is 18.6 Å². The molecule has 1 heterocycles. The minimum atomic E-state index is -0.882. The molecule has 1 N–H and O–H groups in total. The molecule has 0 unspecified atom stereocenters. The summed E-state index contributed by atoms with van der Waals surface area (Å²) in [6.07, 6.45) is 7.13. The Morgan fingerprint density at radius 2 is 1.96 bits per heavy atom. The van der Waals surface area contributed by atoms with E-state index in [9.17, 15) is 19.1 Å². The van der Waals surface area contributed by atoms with E-state index in [1.54, 1.807) is 0 Å². The molecular weight excluding hydrogens is 299 g/mol. The first-order valence-electron chi connectivity index (χ1n) is 8.04. The number of ketones is 1. The molecule has 0 spiro atoms. The lowest BCUT2D eigenvalue weighted by Gasteiger charge is -2.20. The molecule has 0 atom stereocenters. The molecule has 1 aromatic carbocycles. The van der Waals surface area contributed by atoms with Gasteiger partial charge in [0.25, 0.3) is 0 Å². The van der Waals surface area contributed by atoms with E-state index in [0.29, 0.717) is 12.3 Å². The molecule has 3 rings (SSSR count). The van der Waals surface area contributed by atoms with Gasteiger partial charge in [-0.05, 0) is 18.4 Å². The smallest absolute Gasteiger partial charge is 0.198 e. The third kappa shape index (κ3) is 3.44. The first kappa shape index (κ1) is 15.7. The number of benzene rings is 1. The van der Waals surface area contributed by atoms with Gasteiger partial charge in [0.05, 0.1) is 5.39 Å². The zero-order valence-corrected chi connectivity index (χ0v) is 12.8. The number of hydrogen-bond acceptors (Lipinski definition) is 4. The molecule has 0 aliphatic heterocycles. The van der Waals surface area contributed by atoms with Crippen LogP contribution in [0, 0.1) is 11.7 Å². The van der Waals surface area contributed by atoms with E-state index in [1.807, 2.05) is 0 Å². The van der Waals surface area contributed by atoms with Gasteiger partial charge in [-0.1, -0.05) is 32.1 Å². The molecule has 122 valence electrons. The van der Waals surface area contributed by atoms with Gasteiger partial charge in [-0.3, -0.25) is 9.59 Å². The summed E-state index contributed by atoms with van der Waals surface area (Å²) in [5, 5.41) is 9.39. The molecule has 0 saturated heterocycles. The molecule has 4 nitrogen and oxygen atoms in total. The second kappa shape index (κ2) is 6.52. The zero-order chi connectivity index (χ0) is 16.4. The van der Waals surface area contributed by atoms with Crippen molar-refractivity contribution in [3.05, 3.63) is 40.0 Å². The fourth-order valence-corrected chi connectivity index (χ4v) is 3.24. The van der Waals surface area contributed by atoms with Crippen LogP contribution in [-0.2, 0) is 0 Å². The first-order chi connectivity index (χ1) is 11.0. The number of aromatic hydroxyl groups is 1. The first-order valence-corrected chi connectivity index (χ1v) is 8.04. The summed E-state index contributed by atoms with van der Waals surface area (Å²) in [5.74, 6) is -1.20. The van der Waals surface area contributed by atoms with Crippen molar-refractivity contribution < 1.29 is 18.7 Å². The van der Waals surface area contributed by atoms with Crippen LogP contribution < -0.4 is 5.43 Å². The highest BCUT2D eigenvalue weighted by molar-refractivity contribution is 5.94. The molecule has 1 saturated carbocycles. The van der Waals surface area contributed by atoms with Gasteiger partial charge < -0.3 is 9.52 Å². The number of carbonyl (C=O) groups excluding carboxylic acids is 1. The largest absolute Gasteiger partial charge is 0.505 e. The quantitative estimate of drug-likeness (QED) is 0.859. The normalized spacial score (nSPS) is 15.9. The highest BCUT2D eigenvalue weighted by Crippen LogP contribution is 2.28. The van der Waals surface area contributed by atoms with Crippen molar-refractivity contribution in [3.8, 4) is 5.75 Å². The molecule has 1 aliphatic carbocycles. The van der Waals surface area contributed by atoms with Crippen molar-refractivity contribution in [1.29, 1.82) is 0 Å². The van der Waals surface area contributed by atoms with Crippen LogP contribution in [0.2, 0.25) is 0 Å². The summed E-state index contributed by atoms with van der Waals surface area (Å²) in [7, 11) is 0. The number of carbonyl (C=O) groups is 1. The molecule has 1 aromatic heterocycles. The summed E-state index contributed by atoms with van der Waals surface area (Å²) in [5.41, 5.74) is -0.476. The fraction of sp³-hybridized carbons (Fsp3) is 0.444. The highest BCUT2D eigenvalue weighted by atomic mass is 19.1. The van der Waals surface area contributed by atoms with Gasteiger partial charge in [-0.25, -0.2) is 4.39 Å². The topological polar surface area (TPSA) is 67.5 Å². The van der Waals surface area contributed by atoms with Crippen LogP contribution in [0.3, 0.4) is 0 Å². The van der Waals surface area contributed by atoms with Crippen molar-refractivity contribution in [2.24, 2.45) is 5.92 Å². The summed E-state index contributed by atoms with van der Waals surface area (Å²) >= 11 is 0. The third-order valence-corrected chi connectivity index (χ3v) is 4.58. The number of phenolic OH excluding ortho intramolecular Hbond substituents is 1. The maximum Gasteiger partial charge on any atom is 0.198 e. The number of phenols is 1. The van der Waals surface area contributed by atoms with Crippen LogP contribution in [-0.4, -0.2) is 10.9 Å². The van der Waals surface area contributed by atoms with E-state index in [-0.39, 0.29) is 22.5 Å². The van der Waals surface area contributed by atoms with Crippen molar-refractivity contribution >= 4 is 16.8 Å². The second-order valence-corrected chi connectivity index (χ2v) is 6.24. The Bertz CT molecular complexity index is 787. The molecule has 0 radical (unpaired) electrons. The predicted molar refractivity (Wildman–Crippen MR) is 84.2 cm³/mol. The Morgan fingerprint density at radius 1 is 1.22 bits per heavy atom. The molecular formula is C18H19FO4. The van der Waals surface area contributed by atoms with Gasteiger partial charge in [-0.2, -0.15) is 0 Å². The monoisotopic (exact) mass is 318 g/mol. The number of rotatable bonds is 4. The summed E-state index contributed by atoms with van der Waals surface area (Å²) in [6.45, 7) is 0. The Morgan fingerprint density at radius 3 is 2.70 bits per heavy atom. The Kier molecular flexibility index (Phi) is 4.46.